The van der Waals surface area contributed by atoms with Gasteiger partial charge in [0.1, 0.15) is 0 Å². The molecule has 2 heterocycles. The normalized spacial score (nSPS) is 16.1. The summed E-state index contributed by atoms with van der Waals surface area (Å²) in [5, 5.41) is 0. The van der Waals surface area contributed by atoms with Gasteiger partial charge in [0.15, 0.2) is 11.6 Å². The summed E-state index contributed by atoms with van der Waals surface area (Å²) in [6.07, 6.45) is 14.4. The Bertz CT molecular complexity index is 1200. The Balaban J connectivity index is 1.94. The van der Waals surface area contributed by atoms with Crippen molar-refractivity contribution in [3.63, 3.8) is 0 Å². The van der Waals surface area contributed by atoms with Crippen LogP contribution in [-0.4, -0.2) is 35.8 Å². The van der Waals surface area contributed by atoms with Gasteiger partial charge in [0.25, 0.3) is 0 Å². The van der Waals surface area contributed by atoms with Gasteiger partial charge >= 0.3 is 0 Å². The van der Waals surface area contributed by atoms with E-state index in [2.05, 4.69) is 30.7 Å². The zero-order valence-electron chi connectivity index (χ0n) is 21.0. The van der Waals surface area contributed by atoms with Crippen LogP contribution in [0.2, 0.25) is 0 Å². The molecule has 2 aromatic rings. The number of pyridine rings is 2. The van der Waals surface area contributed by atoms with E-state index >= 15 is 0 Å². The lowest BCUT2D eigenvalue weighted by atomic mass is 9.72. The van der Waals surface area contributed by atoms with Crippen LogP contribution in [0, 0.1) is 5.41 Å². The molecule has 3 rings (SSSR count). The first-order valence-electron chi connectivity index (χ1n) is 11.6. The Morgan fingerprint density at radius 2 is 1.66 bits per heavy atom. The number of ketones is 2. The highest BCUT2D eigenvalue weighted by atomic mass is 16.5. The van der Waals surface area contributed by atoms with Gasteiger partial charge in [0.05, 0.1) is 19.8 Å². The van der Waals surface area contributed by atoms with E-state index in [9.17, 15) is 9.59 Å². The number of nitrogens with zero attached hydrogens (tertiary/aromatic N) is 2. The van der Waals surface area contributed by atoms with Gasteiger partial charge in [-0.1, -0.05) is 25.5 Å². The molecule has 0 N–H and O–H groups in total. The number of carbonyl (C=O) groups is 2. The molecule has 35 heavy (non-hydrogen) atoms. The quantitative estimate of drug-likeness (QED) is 0.260. The van der Waals surface area contributed by atoms with Crippen LogP contribution in [0.5, 0.6) is 11.8 Å². The first-order chi connectivity index (χ1) is 16.7. The Morgan fingerprint density at radius 1 is 0.943 bits per heavy atom. The third kappa shape index (κ3) is 6.85. The molecule has 1 aliphatic carbocycles. The van der Waals surface area contributed by atoms with E-state index in [0.717, 1.165) is 30.4 Å². The van der Waals surface area contributed by atoms with E-state index in [-0.39, 0.29) is 16.8 Å². The van der Waals surface area contributed by atoms with E-state index in [0.29, 0.717) is 17.3 Å². The third-order valence-electron chi connectivity index (χ3n) is 6.15. The summed E-state index contributed by atoms with van der Waals surface area (Å²) < 4.78 is 10.2. The minimum atomic E-state index is -0.403. The SMILES string of the molecule is COc1ccc(/C=C/C(=O)/C(=C/c2ccnc(OC)c2)C(=O)/C=C/C2=C(C)CCCC2(C)C)cn1. The van der Waals surface area contributed by atoms with Crippen molar-refractivity contribution in [3.8, 4) is 11.8 Å². The lowest BCUT2D eigenvalue weighted by Gasteiger charge is -2.32. The molecule has 1 aliphatic rings. The minimum Gasteiger partial charge on any atom is -0.481 e. The van der Waals surface area contributed by atoms with Crippen molar-refractivity contribution < 1.29 is 19.1 Å². The van der Waals surface area contributed by atoms with Crippen LogP contribution in [-0.2, 0) is 9.59 Å². The molecule has 0 atom stereocenters. The average molecular weight is 473 g/mol. The second-order valence-electron chi connectivity index (χ2n) is 9.15. The molecule has 6 nitrogen and oxygen atoms in total. The highest BCUT2D eigenvalue weighted by Gasteiger charge is 2.27. The Hall–Kier alpha value is -3.80. The number of rotatable bonds is 9. The molecular formula is C29H32N2O4. The molecule has 0 spiro atoms. The molecule has 0 radical (unpaired) electrons. The van der Waals surface area contributed by atoms with Gasteiger partial charge in [-0.25, -0.2) is 9.97 Å². The number of aromatic nitrogens is 2. The van der Waals surface area contributed by atoms with Crippen molar-refractivity contribution in [1.82, 2.24) is 9.97 Å². The summed E-state index contributed by atoms with van der Waals surface area (Å²) in [5.74, 6) is 0.124. The highest BCUT2D eigenvalue weighted by molar-refractivity contribution is 6.30. The third-order valence-corrected chi connectivity index (χ3v) is 6.15. The molecule has 0 saturated heterocycles. The molecule has 0 aliphatic heterocycles. The number of methoxy groups -OCH3 is 2. The molecule has 0 aromatic carbocycles. The topological polar surface area (TPSA) is 78.4 Å². The minimum absolute atomic E-state index is 0.00721. The number of allylic oxidation sites excluding steroid dienone is 6. The van der Waals surface area contributed by atoms with Crippen molar-refractivity contribution in [3.05, 3.63) is 82.7 Å². The van der Waals surface area contributed by atoms with Gasteiger partial charge in [0, 0.05) is 24.5 Å². The Kier molecular flexibility index (Phi) is 8.53. The van der Waals surface area contributed by atoms with Crippen molar-refractivity contribution in [2.75, 3.05) is 14.2 Å². The van der Waals surface area contributed by atoms with E-state index < -0.39 is 5.78 Å². The van der Waals surface area contributed by atoms with Crippen molar-refractivity contribution in [1.29, 1.82) is 0 Å². The lowest BCUT2D eigenvalue weighted by Crippen LogP contribution is -2.19. The number of carbonyl (C=O) groups excluding carboxylic acids is 2. The van der Waals surface area contributed by atoms with E-state index in [1.807, 2.05) is 6.08 Å². The van der Waals surface area contributed by atoms with Gasteiger partial charge in [-0.15, -0.1) is 0 Å². The highest BCUT2D eigenvalue weighted by Crippen LogP contribution is 2.40. The fourth-order valence-corrected chi connectivity index (χ4v) is 4.19. The van der Waals surface area contributed by atoms with Crippen molar-refractivity contribution >= 4 is 23.7 Å². The van der Waals surface area contributed by atoms with Crippen LogP contribution in [0.4, 0.5) is 0 Å². The largest absolute Gasteiger partial charge is 0.481 e. The van der Waals surface area contributed by atoms with E-state index in [4.69, 9.17) is 9.47 Å². The van der Waals surface area contributed by atoms with Crippen LogP contribution < -0.4 is 9.47 Å². The van der Waals surface area contributed by atoms with Gasteiger partial charge in [0.2, 0.25) is 11.8 Å². The molecule has 2 aromatic heterocycles. The van der Waals surface area contributed by atoms with E-state index in [1.54, 1.807) is 48.8 Å². The van der Waals surface area contributed by atoms with Gasteiger partial charge in [-0.3, -0.25) is 9.59 Å². The first kappa shape index (κ1) is 25.8. The van der Waals surface area contributed by atoms with Crippen LogP contribution in [0.15, 0.2) is 71.6 Å². The van der Waals surface area contributed by atoms with Gasteiger partial charge < -0.3 is 9.47 Å². The molecule has 182 valence electrons. The summed E-state index contributed by atoms with van der Waals surface area (Å²) in [5.41, 5.74) is 3.86. The smallest absolute Gasteiger partial charge is 0.213 e. The maximum absolute atomic E-state index is 13.3. The number of hydrogen-bond acceptors (Lipinski definition) is 6. The van der Waals surface area contributed by atoms with Crippen LogP contribution in [0.25, 0.3) is 12.2 Å². The molecule has 0 saturated carbocycles. The molecule has 0 unspecified atom stereocenters. The Morgan fingerprint density at radius 3 is 2.29 bits per heavy atom. The van der Waals surface area contributed by atoms with Gasteiger partial charge in [-0.05, 0) is 84.7 Å². The molecule has 0 bridgehead atoms. The van der Waals surface area contributed by atoms with Crippen molar-refractivity contribution in [2.24, 2.45) is 5.41 Å². The average Bonchev–Trinajstić information content (AvgIpc) is 2.85. The summed E-state index contributed by atoms with van der Waals surface area (Å²) in [6.45, 7) is 6.50. The Labute approximate surface area is 207 Å². The standard InChI is InChI=1S/C29H32N2O4/c1-20-7-6-15-29(2,3)24(20)10-12-26(33)23(17-22-14-16-30-28(18-22)35-5)25(32)11-8-21-9-13-27(34-4)31-19-21/h8-14,16-19H,6-7,15H2,1-5H3/b11-8+,12-10+,23-17-. The monoisotopic (exact) mass is 472 g/mol. The predicted molar refractivity (Wildman–Crippen MR) is 138 cm³/mol. The van der Waals surface area contributed by atoms with Crippen LogP contribution in [0.1, 0.15) is 51.2 Å². The molecular weight excluding hydrogens is 440 g/mol. The molecule has 6 heteroatoms. The predicted octanol–water partition coefficient (Wildman–Crippen LogP) is 5.81. The zero-order chi connectivity index (χ0) is 25.4. The second kappa shape index (κ2) is 11.6. The summed E-state index contributed by atoms with van der Waals surface area (Å²) in [7, 11) is 3.06. The molecule has 0 amide bonds. The van der Waals surface area contributed by atoms with Crippen LogP contribution in [0.3, 0.4) is 0 Å². The van der Waals surface area contributed by atoms with E-state index in [1.165, 1.54) is 31.9 Å². The number of hydrogen-bond donors (Lipinski definition) is 0. The first-order valence-corrected chi connectivity index (χ1v) is 11.6. The summed E-state index contributed by atoms with van der Waals surface area (Å²) in [6, 6.07) is 6.90. The van der Waals surface area contributed by atoms with Crippen molar-refractivity contribution in [2.45, 2.75) is 40.0 Å². The lowest BCUT2D eigenvalue weighted by molar-refractivity contribution is -0.116. The maximum atomic E-state index is 13.3. The maximum Gasteiger partial charge on any atom is 0.213 e. The summed E-state index contributed by atoms with van der Waals surface area (Å²) in [4.78, 5) is 34.7. The summed E-state index contributed by atoms with van der Waals surface area (Å²) >= 11 is 0. The van der Waals surface area contributed by atoms with Crippen LogP contribution >= 0.6 is 0 Å². The fourth-order valence-electron chi connectivity index (χ4n) is 4.19. The fraction of sp³-hybridized carbons (Fsp3) is 0.310. The number of ether oxygens (including phenoxy) is 2. The van der Waals surface area contributed by atoms with Gasteiger partial charge in [-0.2, -0.15) is 0 Å². The zero-order valence-corrected chi connectivity index (χ0v) is 21.0. The molecule has 0 fully saturated rings. The second-order valence-corrected chi connectivity index (χ2v) is 9.15.